The van der Waals surface area contributed by atoms with Gasteiger partial charge < -0.3 is 10.1 Å². The fourth-order valence-corrected chi connectivity index (χ4v) is 2.76. The lowest BCUT2D eigenvalue weighted by atomic mass is 10.2. The van der Waals surface area contributed by atoms with Gasteiger partial charge in [-0.3, -0.25) is 4.79 Å². The predicted octanol–water partition coefficient (Wildman–Crippen LogP) is 3.40. The molecule has 1 amide bonds. The molecule has 1 aromatic carbocycles. The van der Waals surface area contributed by atoms with Crippen LogP contribution in [-0.2, 0) is 17.8 Å². The van der Waals surface area contributed by atoms with E-state index in [0.717, 1.165) is 24.2 Å². The maximum atomic E-state index is 11.8. The van der Waals surface area contributed by atoms with Crippen molar-refractivity contribution >= 4 is 17.2 Å². The highest BCUT2D eigenvalue weighted by Crippen LogP contribution is 2.17. The highest BCUT2D eigenvalue weighted by molar-refractivity contribution is 7.09. The summed E-state index contributed by atoms with van der Waals surface area (Å²) >= 11 is 1.74. The third-order valence-corrected chi connectivity index (χ3v) is 4.01. The number of amides is 1. The van der Waals surface area contributed by atoms with Gasteiger partial charge in [0.15, 0.2) is 0 Å². The maximum Gasteiger partial charge on any atom is 0.220 e. The molecule has 20 heavy (non-hydrogen) atoms. The SMILES string of the molecule is COc1ccccc1CNC(=O)CCCc1cccs1. The molecular formula is C16H19NO2S. The summed E-state index contributed by atoms with van der Waals surface area (Å²) in [6.07, 6.45) is 2.42. The van der Waals surface area contributed by atoms with Gasteiger partial charge in [0.2, 0.25) is 5.91 Å². The zero-order chi connectivity index (χ0) is 14.2. The molecule has 3 nitrogen and oxygen atoms in total. The molecular weight excluding hydrogens is 270 g/mol. The monoisotopic (exact) mass is 289 g/mol. The smallest absolute Gasteiger partial charge is 0.220 e. The van der Waals surface area contributed by atoms with Crippen molar-refractivity contribution in [3.63, 3.8) is 0 Å². The van der Waals surface area contributed by atoms with Crippen LogP contribution in [0.2, 0.25) is 0 Å². The number of thiophene rings is 1. The van der Waals surface area contributed by atoms with Gasteiger partial charge in [-0.25, -0.2) is 0 Å². The first-order chi connectivity index (χ1) is 9.79. The Bertz CT molecular complexity index is 537. The Morgan fingerprint density at radius 2 is 2.10 bits per heavy atom. The van der Waals surface area contributed by atoms with E-state index in [2.05, 4.69) is 16.8 Å². The van der Waals surface area contributed by atoms with Crippen molar-refractivity contribution in [2.75, 3.05) is 7.11 Å². The lowest BCUT2D eigenvalue weighted by Gasteiger charge is -2.09. The first kappa shape index (κ1) is 14.6. The number of aryl methyl sites for hydroxylation is 1. The molecule has 0 spiro atoms. The fraction of sp³-hybridized carbons (Fsp3) is 0.312. The Kier molecular flexibility index (Phi) is 5.62. The predicted molar refractivity (Wildman–Crippen MR) is 82.1 cm³/mol. The minimum atomic E-state index is 0.0902. The number of para-hydroxylation sites is 1. The quantitative estimate of drug-likeness (QED) is 0.848. The topological polar surface area (TPSA) is 38.3 Å². The lowest BCUT2D eigenvalue weighted by molar-refractivity contribution is -0.121. The lowest BCUT2D eigenvalue weighted by Crippen LogP contribution is -2.22. The van der Waals surface area contributed by atoms with Crippen LogP contribution >= 0.6 is 11.3 Å². The van der Waals surface area contributed by atoms with Gasteiger partial charge in [0.25, 0.3) is 0 Å². The number of benzene rings is 1. The number of ether oxygens (including phenoxy) is 1. The van der Waals surface area contributed by atoms with Crippen LogP contribution in [0.4, 0.5) is 0 Å². The molecule has 2 rings (SSSR count). The summed E-state index contributed by atoms with van der Waals surface area (Å²) in [5.41, 5.74) is 1.00. The molecule has 0 saturated carbocycles. The van der Waals surface area contributed by atoms with Crippen molar-refractivity contribution in [3.8, 4) is 5.75 Å². The number of carbonyl (C=O) groups is 1. The second kappa shape index (κ2) is 7.70. The van der Waals surface area contributed by atoms with E-state index in [0.29, 0.717) is 13.0 Å². The van der Waals surface area contributed by atoms with E-state index in [1.807, 2.05) is 30.3 Å². The Morgan fingerprint density at radius 1 is 1.25 bits per heavy atom. The summed E-state index contributed by atoms with van der Waals surface area (Å²) in [7, 11) is 1.64. The molecule has 0 aliphatic rings. The van der Waals surface area contributed by atoms with Crippen molar-refractivity contribution < 1.29 is 9.53 Å². The molecule has 1 heterocycles. The number of rotatable bonds is 7. The third kappa shape index (κ3) is 4.38. The summed E-state index contributed by atoms with van der Waals surface area (Å²) in [4.78, 5) is 13.1. The summed E-state index contributed by atoms with van der Waals surface area (Å²) in [5, 5.41) is 5.00. The van der Waals surface area contributed by atoms with Gasteiger partial charge in [-0.15, -0.1) is 11.3 Å². The largest absolute Gasteiger partial charge is 0.496 e. The molecule has 0 radical (unpaired) electrons. The van der Waals surface area contributed by atoms with Gasteiger partial charge in [-0.05, 0) is 30.4 Å². The molecule has 2 aromatic rings. The molecule has 0 bridgehead atoms. The van der Waals surface area contributed by atoms with E-state index in [1.165, 1.54) is 4.88 Å². The summed E-state index contributed by atoms with van der Waals surface area (Å²) in [5.74, 6) is 0.902. The number of hydrogen-bond acceptors (Lipinski definition) is 3. The van der Waals surface area contributed by atoms with E-state index >= 15 is 0 Å². The van der Waals surface area contributed by atoms with E-state index in [4.69, 9.17) is 4.74 Å². The van der Waals surface area contributed by atoms with E-state index in [9.17, 15) is 4.79 Å². The summed E-state index contributed by atoms with van der Waals surface area (Å²) in [6.45, 7) is 0.516. The fourth-order valence-electron chi connectivity index (χ4n) is 2.01. The molecule has 0 aliphatic carbocycles. The minimum absolute atomic E-state index is 0.0902. The Hall–Kier alpha value is -1.81. The maximum absolute atomic E-state index is 11.8. The Morgan fingerprint density at radius 3 is 2.85 bits per heavy atom. The van der Waals surface area contributed by atoms with Crippen LogP contribution in [0, 0.1) is 0 Å². The van der Waals surface area contributed by atoms with Crippen LogP contribution in [0.3, 0.4) is 0 Å². The average Bonchev–Trinajstić information content (AvgIpc) is 2.98. The van der Waals surface area contributed by atoms with Crippen molar-refractivity contribution in [2.24, 2.45) is 0 Å². The van der Waals surface area contributed by atoms with Crippen LogP contribution in [-0.4, -0.2) is 13.0 Å². The number of methoxy groups -OCH3 is 1. The number of hydrogen-bond donors (Lipinski definition) is 1. The summed E-state index contributed by atoms with van der Waals surface area (Å²) < 4.78 is 5.26. The van der Waals surface area contributed by atoms with Crippen LogP contribution in [0.25, 0.3) is 0 Å². The van der Waals surface area contributed by atoms with Gasteiger partial charge >= 0.3 is 0 Å². The van der Waals surface area contributed by atoms with Crippen molar-refractivity contribution in [1.29, 1.82) is 0 Å². The van der Waals surface area contributed by atoms with Crippen LogP contribution < -0.4 is 10.1 Å². The third-order valence-electron chi connectivity index (χ3n) is 3.08. The average molecular weight is 289 g/mol. The van der Waals surface area contributed by atoms with Gasteiger partial charge in [0.1, 0.15) is 5.75 Å². The normalized spacial score (nSPS) is 10.2. The zero-order valence-corrected chi connectivity index (χ0v) is 12.4. The van der Waals surface area contributed by atoms with E-state index < -0.39 is 0 Å². The first-order valence-corrected chi connectivity index (χ1v) is 7.58. The van der Waals surface area contributed by atoms with Crippen LogP contribution in [0.5, 0.6) is 5.75 Å². The van der Waals surface area contributed by atoms with Crippen molar-refractivity contribution in [1.82, 2.24) is 5.32 Å². The second-order valence-corrected chi connectivity index (χ2v) is 5.55. The second-order valence-electron chi connectivity index (χ2n) is 4.52. The zero-order valence-electron chi connectivity index (χ0n) is 11.6. The van der Waals surface area contributed by atoms with Crippen LogP contribution in [0.15, 0.2) is 41.8 Å². The van der Waals surface area contributed by atoms with Gasteiger partial charge in [0.05, 0.1) is 7.11 Å². The number of nitrogens with one attached hydrogen (secondary N) is 1. The van der Waals surface area contributed by atoms with Gasteiger partial charge in [-0.1, -0.05) is 24.3 Å². The molecule has 0 aliphatic heterocycles. The molecule has 0 fully saturated rings. The first-order valence-electron chi connectivity index (χ1n) is 6.70. The highest BCUT2D eigenvalue weighted by atomic mass is 32.1. The minimum Gasteiger partial charge on any atom is -0.496 e. The van der Waals surface area contributed by atoms with E-state index in [-0.39, 0.29) is 5.91 Å². The van der Waals surface area contributed by atoms with Crippen molar-refractivity contribution in [3.05, 3.63) is 52.2 Å². The molecule has 1 N–H and O–H groups in total. The molecule has 0 saturated heterocycles. The van der Waals surface area contributed by atoms with Crippen LogP contribution in [0.1, 0.15) is 23.3 Å². The number of carbonyl (C=O) groups excluding carboxylic acids is 1. The van der Waals surface area contributed by atoms with E-state index in [1.54, 1.807) is 18.4 Å². The molecule has 106 valence electrons. The Labute approximate surface area is 123 Å². The summed E-state index contributed by atoms with van der Waals surface area (Å²) in [6, 6.07) is 11.9. The van der Waals surface area contributed by atoms with Gasteiger partial charge in [-0.2, -0.15) is 0 Å². The highest BCUT2D eigenvalue weighted by Gasteiger charge is 2.05. The standard InChI is InChI=1S/C16H19NO2S/c1-19-15-9-3-2-6-13(15)12-17-16(18)10-4-7-14-8-5-11-20-14/h2-3,5-6,8-9,11H,4,7,10,12H2,1H3,(H,17,18). The molecule has 1 aromatic heterocycles. The molecule has 0 atom stereocenters. The van der Waals surface area contributed by atoms with Gasteiger partial charge in [0, 0.05) is 23.4 Å². The molecule has 0 unspecified atom stereocenters. The van der Waals surface area contributed by atoms with Crippen molar-refractivity contribution in [2.45, 2.75) is 25.8 Å². The Balaban J connectivity index is 1.72. The molecule has 4 heteroatoms.